The molecule has 1 atom stereocenters. The number of rotatable bonds is 4. The van der Waals surface area contributed by atoms with Gasteiger partial charge in [-0.25, -0.2) is 4.39 Å². The Labute approximate surface area is 99.2 Å². The molecular formula is C12H17BrFN. The van der Waals surface area contributed by atoms with E-state index in [2.05, 4.69) is 35.1 Å². The molecule has 0 aliphatic heterocycles. The number of hydrogen-bond acceptors (Lipinski definition) is 1. The van der Waals surface area contributed by atoms with Crippen LogP contribution in [0.4, 0.5) is 4.39 Å². The number of likely N-dealkylation sites (N-methyl/N-ethyl adjacent to an activating group) is 1. The summed E-state index contributed by atoms with van der Waals surface area (Å²) >= 11 is 3.25. The highest BCUT2D eigenvalue weighted by Crippen LogP contribution is 2.18. The van der Waals surface area contributed by atoms with Crippen LogP contribution in [-0.2, 0) is 6.42 Å². The molecule has 0 aromatic heterocycles. The van der Waals surface area contributed by atoms with E-state index in [-0.39, 0.29) is 5.82 Å². The summed E-state index contributed by atoms with van der Waals surface area (Å²) in [6, 6.07) is 5.56. The minimum Gasteiger partial charge on any atom is -0.316 e. The smallest absolute Gasteiger partial charge is 0.127 e. The van der Waals surface area contributed by atoms with Crippen molar-refractivity contribution in [2.75, 3.05) is 7.05 Å². The van der Waals surface area contributed by atoms with Gasteiger partial charge in [0.25, 0.3) is 0 Å². The van der Waals surface area contributed by atoms with Crippen molar-refractivity contribution in [3.05, 3.63) is 34.1 Å². The Morgan fingerprint density at radius 3 is 2.53 bits per heavy atom. The first-order valence-corrected chi connectivity index (χ1v) is 5.95. The Bertz CT molecular complexity index is 325. The van der Waals surface area contributed by atoms with Crippen molar-refractivity contribution in [1.29, 1.82) is 0 Å². The molecule has 84 valence electrons. The van der Waals surface area contributed by atoms with Gasteiger partial charge in [-0.1, -0.05) is 35.8 Å². The Morgan fingerprint density at radius 1 is 1.40 bits per heavy atom. The molecule has 0 spiro atoms. The fourth-order valence-electron chi connectivity index (χ4n) is 1.60. The molecule has 0 aliphatic carbocycles. The number of halogens is 2. The van der Waals surface area contributed by atoms with E-state index in [4.69, 9.17) is 0 Å². The van der Waals surface area contributed by atoms with E-state index in [1.54, 1.807) is 0 Å². The highest BCUT2D eigenvalue weighted by Gasteiger charge is 2.13. The zero-order valence-corrected chi connectivity index (χ0v) is 10.9. The lowest BCUT2D eigenvalue weighted by molar-refractivity contribution is 0.418. The first kappa shape index (κ1) is 12.7. The van der Waals surface area contributed by atoms with Gasteiger partial charge in [-0.2, -0.15) is 0 Å². The molecule has 0 saturated carbocycles. The third kappa shape index (κ3) is 3.58. The molecule has 0 amide bonds. The van der Waals surface area contributed by atoms with Gasteiger partial charge in [-0.15, -0.1) is 0 Å². The van der Waals surface area contributed by atoms with E-state index in [1.807, 2.05) is 19.2 Å². The maximum Gasteiger partial charge on any atom is 0.127 e. The fourth-order valence-corrected chi connectivity index (χ4v) is 1.93. The van der Waals surface area contributed by atoms with Crippen molar-refractivity contribution in [1.82, 2.24) is 5.32 Å². The van der Waals surface area contributed by atoms with Gasteiger partial charge in [0.1, 0.15) is 5.82 Å². The summed E-state index contributed by atoms with van der Waals surface area (Å²) < 4.78 is 14.3. The third-order valence-electron chi connectivity index (χ3n) is 2.63. The lowest BCUT2D eigenvalue weighted by Crippen LogP contribution is -2.33. The minimum atomic E-state index is -0.134. The second-order valence-electron chi connectivity index (χ2n) is 4.08. The summed E-state index contributed by atoms with van der Waals surface area (Å²) in [6.07, 6.45) is 0.729. The predicted molar refractivity (Wildman–Crippen MR) is 65.5 cm³/mol. The molecule has 15 heavy (non-hydrogen) atoms. The van der Waals surface area contributed by atoms with E-state index in [1.165, 1.54) is 6.07 Å². The topological polar surface area (TPSA) is 12.0 Å². The molecule has 0 radical (unpaired) electrons. The monoisotopic (exact) mass is 273 g/mol. The Kier molecular flexibility index (Phi) is 4.74. The highest BCUT2D eigenvalue weighted by atomic mass is 79.9. The quantitative estimate of drug-likeness (QED) is 0.887. The van der Waals surface area contributed by atoms with Crippen LogP contribution in [0.25, 0.3) is 0 Å². The average Bonchev–Trinajstić information content (AvgIpc) is 2.16. The largest absolute Gasteiger partial charge is 0.316 e. The normalized spacial score (nSPS) is 13.2. The third-order valence-corrected chi connectivity index (χ3v) is 3.12. The zero-order valence-electron chi connectivity index (χ0n) is 9.35. The molecule has 0 heterocycles. The van der Waals surface area contributed by atoms with Gasteiger partial charge >= 0.3 is 0 Å². The standard InChI is InChI=1S/C12H17BrFN/c1-8(2)12(15-3)6-9-4-5-10(13)7-11(9)14/h4-5,7-8,12,15H,6H2,1-3H3. The van der Waals surface area contributed by atoms with Gasteiger partial charge in [0.2, 0.25) is 0 Å². The molecule has 3 heteroatoms. The van der Waals surface area contributed by atoms with Gasteiger partial charge in [0, 0.05) is 10.5 Å². The SMILES string of the molecule is CNC(Cc1ccc(Br)cc1F)C(C)C. The van der Waals surface area contributed by atoms with Crippen LogP contribution in [0, 0.1) is 11.7 Å². The summed E-state index contributed by atoms with van der Waals surface area (Å²) in [7, 11) is 1.92. The van der Waals surface area contributed by atoms with Crippen molar-refractivity contribution < 1.29 is 4.39 Å². The van der Waals surface area contributed by atoms with Crippen LogP contribution >= 0.6 is 15.9 Å². The molecule has 0 bridgehead atoms. The maximum atomic E-state index is 13.6. The van der Waals surface area contributed by atoms with E-state index in [0.29, 0.717) is 12.0 Å². The molecule has 0 aliphatic rings. The van der Waals surface area contributed by atoms with Gasteiger partial charge in [-0.05, 0) is 37.1 Å². The van der Waals surface area contributed by atoms with Gasteiger partial charge in [0.05, 0.1) is 0 Å². The molecule has 1 aromatic carbocycles. The van der Waals surface area contributed by atoms with Crippen LogP contribution in [-0.4, -0.2) is 13.1 Å². The van der Waals surface area contributed by atoms with Crippen molar-refractivity contribution >= 4 is 15.9 Å². The predicted octanol–water partition coefficient (Wildman–Crippen LogP) is 3.37. The van der Waals surface area contributed by atoms with Crippen LogP contribution < -0.4 is 5.32 Å². The lowest BCUT2D eigenvalue weighted by Gasteiger charge is -2.20. The minimum absolute atomic E-state index is 0.134. The van der Waals surface area contributed by atoms with E-state index >= 15 is 0 Å². The number of benzene rings is 1. The van der Waals surface area contributed by atoms with E-state index < -0.39 is 0 Å². The van der Waals surface area contributed by atoms with E-state index in [9.17, 15) is 4.39 Å². The first-order chi connectivity index (χ1) is 7.04. The zero-order chi connectivity index (χ0) is 11.4. The summed E-state index contributed by atoms with van der Waals surface area (Å²) in [6.45, 7) is 4.27. The van der Waals surface area contributed by atoms with Crippen LogP contribution in [0.5, 0.6) is 0 Å². The summed E-state index contributed by atoms with van der Waals surface area (Å²) in [5.74, 6) is 0.364. The lowest BCUT2D eigenvalue weighted by atomic mass is 9.96. The summed E-state index contributed by atoms with van der Waals surface area (Å²) in [5.41, 5.74) is 0.770. The van der Waals surface area contributed by atoms with E-state index in [0.717, 1.165) is 16.5 Å². The van der Waals surface area contributed by atoms with Gasteiger partial charge in [-0.3, -0.25) is 0 Å². The average molecular weight is 274 g/mol. The summed E-state index contributed by atoms with van der Waals surface area (Å²) in [5, 5.41) is 3.21. The van der Waals surface area contributed by atoms with Crippen molar-refractivity contribution in [2.24, 2.45) is 5.92 Å². The van der Waals surface area contributed by atoms with Crippen LogP contribution in [0.1, 0.15) is 19.4 Å². The maximum absolute atomic E-state index is 13.6. The highest BCUT2D eigenvalue weighted by molar-refractivity contribution is 9.10. The van der Waals surface area contributed by atoms with Crippen LogP contribution in [0.2, 0.25) is 0 Å². The molecule has 1 nitrogen and oxygen atoms in total. The Morgan fingerprint density at radius 2 is 2.07 bits per heavy atom. The molecule has 1 N–H and O–H groups in total. The van der Waals surface area contributed by atoms with Crippen LogP contribution in [0.15, 0.2) is 22.7 Å². The van der Waals surface area contributed by atoms with Crippen molar-refractivity contribution in [3.8, 4) is 0 Å². The Balaban J connectivity index is 2.79. The second-order valence-corrected chi connectivity index (χ2v) is 4.99. The molecule has 0 saturated heterocycles. The second kappa shape index (κ2) is 5.61. The fraction of sp³-hybridized carbons (Fsp3) is 0.500. The van der Waals surface area contributed by atoms with Crippen molar-refractivity contribution in [3.63, 3.8) is 0 Å². The number of hydrogen-bond donors (Lipinski definition) is 1. The first-order valence-electron chi connectivity index (χ1n) is 5.15. The van der Waals surface area contributed by atoms with Gasteiger partial charge in [0.15, 0.2) is 0 Å². The molecule has 1 unspecified atom stereocenters. The Hall–Kier alpha value is -0.410. The number of nitrogens with one attached hydrogen (secondary N) is 1. The van der Waals surface area contributed by atoms with Gasteiger partial charge < -0.3 is 5.32 Å². The van der Waals surface area contributed by atoms with Crippen molar-refractivity contribution in [2.45, 2.75) is 26.3 Å². The van der Waals surface area contributed by atoms with Crippen LogP contribution in [0.3, 0.4) is 0 Å². The summed E-state index contributed by atoms with van der Waals surface area (Å²) in [4.78, 5) is 0. The molecular weight excluding hydrogens is 257 g/mol. The molecule has 1 aromatic rings. The molecule has 0 fully saturated rings. The molecule has 1 rings (SSSR count).